The number of nitriles is 1. The number of aromatic nitrogens is 2. The van der Waals surface area contributed by atoms with Crippen LogP contribution in [0.3, 0.4) is 0 Å². The molecule has 7 nitrogen and oxygen atoms in total. The second-order valence-electron chi connectivity index (χ2n) is 10.1. The average molecular weight is 544 g/mol. The Bertz CT molecular complexity index is 1470. The molecule has 0 bridgehead atoms. The van der Waals surface area contributed by atoms with Gasteiger partial charge in [0.2, 0.25) is 5.13 Å². The molecule has 0 radical (unpaired) electrons. The van der Waals surface area contributed by atoms with Gasteiger partial charge in [-0.25, -0.2) is 0 Å². The van der Waals surface area contributed by atoms with Crippen LogP contribution >= 0.6 is 23.1 Å². The zero-order chi connectivity index (χ0) is 26.9. The molecule has 1 unspecified atom stereocenters. The first-order valence-corrected chi connectivity index (χ1v) is 14.3. The van der Waals surface area contributed by atoms with Gasteiger partial charge in [0.15, 0.2) is 10.1 Å². The smallest absolute Gasteiger partial charge is 0.219 e. The molecule has 1 aliphatic heterocycles. The molecule has 0 fully saturated rings. The van der Waals surface area contributed by atoms with Gasteiger partial charge in [-0.2, -0.15) is 5.26 Å². The molecule has 3 aromatic rings. The molecule has 1 aliphatic carbocycles. The lowest BCUT2D eigenvalue weighted by molar-refractivity contribution is -0.118. The predicted molar refractivity (Wildman–Crippen MR) is 151 cm³/mol. The van der Waals surface area contributed by atoms with Gasteiger partial charge >= 0.3 is 0 Å². The van der Waals surface area contributed by atoms with E-state index in [2.05, 4.69) is 37.0 Å². The van der Waals surface area contributed by atoms with Gasteiger partial charge in [0.1, 0.15) is 18.2 Å². The number of nitrogens with zero attached hydrogens (tertiary/aromatic N) is 4. The van der Waals surface area contributed by atoms with Gasteiger partial charge in [0.05, 0.1) is 17.6 Å². The summed E-state index contributed by atoms with van der Waals surface area (Å²) in [5.41, 5.74) is 10.1. The van der Waals surface area contributed by atoms with E-state index < -0.39 is 5.92 Å². The van der Waals surface area contributed by atoms with E-state index in [4.69, 9.17) is 10.5 Å². The summed E-state index contributed by atoms with van der Waals surface area (Å²) < 4.78 is 6.89. The SMILES string of the molecule is CCSc1nnc(N2C(N)=C(C#N)C(c3cccc(OCc4ccccc4)c3)C3=C2CC(C)(C)CC3=O)s1. The van der Waals surface area contributed by atoms with E-state index in [1.54, 1.807) is 16.7 Å². The van der Waals surface area contributed by atoms with Crippen molar-refractivity contribution in [2.45, 2.75) is 50.5 Å². The summed E-state index contributed by atoms with van der Waals surface area (Å²) in [6, 6.07) is 19.9. The van der Waals surface area contributed by atoms with Crippen molar-refractivity contribution in [1.82, 2.24) is 10.2 Å². The van der Waals surface area contributed by atoms with E-state index in [-0.39, 0.29) is 11.2 Å². The molecule has 0 spiro atoms. The Balaban J connectivity index is 1.59. The molecular weight excluding hydrogens is 514 g/mol. The number of hydrogen-bond acceptors (Lipinski definition) is 9. The predicted octanol–water partition coefficient (Wildman–Crippen LogP) is 6.17. The van der Waals surface area contributed by atoms with Gasteiger partial charge in [0.25, 0.3) is 0 Å². The van der Waals surface area contributed by atoms with Crippen molar-refractivity contribution in [3.63, 3.8) is 0 Å². The first-order chi connectivity index (χ1) is 18.3. The van der Waals surface area contributed by atoms with Crippen LogP contribution in [0.2, 0.25) is 0 Å². The van der Waals surface area contributed by atoms with Crippen molar-refractivity contribution in [2.24, 2.45) is 11.1 Å². The molecule has 0 saturated heterocycles. The maximum Gasteiger partial charge on any atom is 0.219 e. The first-order valence-electron chi connectivity index (χ1n) is 12.5. The summed E-state index contributed by atoms with van der Waals surface area (Å²) in [5.74, 6) is 1.28. The van der Waals surface area contributed by atoms with E-state index in [1.807, 2.05) is 54.6 Å². The van der Waals surface area contributed by atoms with Gasteiger partial charge in [0, 0.05) is 17.7 Å². The lowest BCUT2D eigenvalue weighted by Gasteiger charge is -2.42. The number of allylic oxidation sites excluding steroid dienone is 3. The zero-order valence-corrected chi connectivity index (χ0v) is 23.2. The van der Waals surface area contributed by atoms with Crippen molar-refractivity contribution in [2.75, 3.05) is 10.7 Å². The summed E-state index contributed by atoms with van der Waals surface area (Å²) in [4.78, 5) is 15.5. The van der Waals surface area contributed by atoms with Crippen LogP contribution in [0.15, 0.2) is 81.6 Å². The third kappa shape index (κ3) is 5.06. The maximum absolute atomic E-state index is 13.8. The van der Waals surface area contributed by atoms with Crippen LogP contribution in [-0.2, 0) is 11.4 Å². The zero-order valence-electron chi connectivity index (χ0n) is 21.6. The monoisotopic (exact) mass is 543 g/mol. The Hall–Kier alpha value is -3.61. The topological polar surface area (TPSA) is 105 Å². The van der Waals surface area contributed by atoms with E-state index in [1.165, 1.54) is 11.3 Å². The van der Waals surface area contributed by atoms with Crippen molar-refractivity contribution in [3.05, 3.63) is 88.4 Å². The quantitative estimate of drug-likeness (QED) is 0.353. The van der Waals surface area contributed by atoms with Crippen LogP contribution in [-0.4, -0.2) is 21.7 Å². The fourth-order valence-corrected chi connectivity index (χ4v) is 6.84. The summed E-state index contributed by atoms with van der Waals surface area (Å²) in [6.07, 6.45) is 1.02. The highest BCUT2D eigenvalue weighted by Crippen LogP contribution is 2.51. The number of carbonyl (C=O) groups is 1. The molecule has 2 aromatic carbocycles. The van der Waals surface area contributed by atoms with Crippen LogP contribution < -0.4 is 15.4 Å². The molecule has 1 aromatic heterocycles. The largest absolute Gasteiger partial charge is 0.489 e. The molecular formula is C29H29N5O2S2. The first kappa shape index (κ1) is 26.0. The molecule has 2 N–H and O–H groups in total. The van der Waals surface area contributed by atoms with Crippen LogP contribution in [0.1, 0.15) is 50.7 Å². The molecule has 0 saturated carbocycles. The fourth-order valence-electron chi connectivity index (χ4n) is 5.06. The summed E-state index contributed by atoms with van der Waals surface area (Å²) in [6.45, 7) is 6.64. The van der Waals surface area contributed by atoms with Crippen LogP contribution in [0.5, 0.6) is 5.75 Å². The number of ketones is 1. The molecule has 1 atom stereocenters. The molecule has 2 heterocycles. The van der Waals surface area contributed by atoms with Gasteiger partial charge in [-0.1, -0.05) is 86.3 Å². The highest BCUT2D eigenvalue weighted by Gasteiger charge is 2.45. The number of anilines is 1. The number of hydrogen-bond donors (Lipinski definition) is 1. The second kappa shape index (κ2) is 10.6. The van der Waals surface area contributed by atoms with E-state index >= 15 is 0 Å². The normalized spacial score (nSPS) is 18.8. The van der Waals surface area contributed by atoms with Crippen molar-refractivity contribution in [3.8, 4) is 11.8 Å². The number of Topliss-reactive ketones (excluding diaryl/α,β-unsaturated/α-hetero) is 1. The standard InChI is InChI=1S/C29H29N5O2S2/c1-4-37-28-33-32-27(38-28)34-22-14-29(2,3)15-23(35)25(22)24(21(16-30)26(34)31)19-11-8-12-20(13-19)36-17-18-9-6-5-7-10-18/h5-13,24H,4,14-15,17,31H2,1-3H3. The Morgan fingerprint density at radius 1 is 1.18 bits per heavy atom. The lowest BCUT2D eigenvalue weighted by atomic mass is 9.68. The number of rotatable bonds is 7. The minimum Gasteiger partial charge on any atom is -0.489 e. The lowest BCUT2D eigenvalue weighted by Crippen LogP contribution is -2.42. The Morgan fingerprint density at radius 2 is 1.97 bits per heavy atom. The number of benzene rings is 2. The van der Waals surface area contributed by atoms with Gasteiger partial charge in [-0.05, 0) is 40.8 Å². The number of ether oxygens (including phenoxy) is 1. The van der Waals surface area contributed by atoms with Gasteiger partial charge in [-0.3, -0.25) is 9.69 Å². The van der Waals surface area contributed by atoms with Crippen molar-refractivity contribution < 1.29 is 9.53 Å². The third-order valence-electron chi connectivity index (χ3n) is 6.68. The number of nitrogens with two attached hydrogens (primary N) is 1. The summed E-state index contributed by atoms with van der Waals surface area (Å²) in [5, 5.41) is 19.6. The molecule has 9 heteroatoms. The fraction of sp³-hybridized carbons (Fsp3) is 0.310. The van der Waals surface area contributed by atoms with E-state index in [9.17, 15) is 10.1 Å². The molecule has 194 valence electrons. The van der Waals surface area contributed by atoms with Crippen LogP contribution in [0.4, 0.5) is 5.13 Å². The van der Waals surface area contributed by atoms with Gasteiger partial charge in [-0.15, -0.1) is 10.2 Å². The third-order valence-corrected chi connectivity index (χ3v) is 8.60. The Labute approximate surface area is 231 Å². The van der Waals surface area contributed by atoms with Crippen molar-refractivity contribution in [1.29, 1.82) is 5.26 Å². The van der Waals surface area contributed by atoms with Crippen LogP contribution in [0, 0.1) is 16.7 Å². The summed E-state index contributed by atoms with van der Waals surface area (Å²) in [7, 11) is 0. The number of carbonyl (C=O) groups excluding carboxylic acids is 1. The van der Waals surface area contributed by atoms with E-state index in [0.29, 0.717) is 47.3 Å². The van der Waals surface area contributed by atoms with Crippen molar-refractivity contribution >= 4 is 34.0 Å². The Morgan fingerprint density at radius 3 is 2.71 bits per heavy atom. The average Bonchev–Trinajstić information content (AvgIpc) is 3.35. The molecule has 2 aliphatic rings. The molecule has 0 amide bonds. The minimum absolute atomic E-state index is 0.0229. The highest BCUT2D eigenvalue weighted by molar-refractivity contribution is 8.01. The molecule has 5 rings (SSSR count). The van der Waals surface area contributed by atoms with Crippen LogP contribution in [0.25, 0.3) is 0 Å². The maximum atomic E-state index is 13.8. The second-order valence-corrected chi connectivity index (χ2v) is 12.6. The molecule has 38 heavy (non-hydrogen) atoms. The number of thioether (sulfide) groups is 1. The van der Waals surface area contributed by atoms with Gasteiger partial charge < -0.3 is 10.5 Å². The summed E-state index contributed by atoms with van der Waals surface area (Å²) >= 11 is 3.02. The minimum atomic E-state index is -0.576. The Kier molecular flexibility index (Phi) is 7.28. The highest BCUT2D eigenvalue weighted by atomic mass is 32.2. The van der Waals surface area contributed by atoms with E-state index in [0.717, 1.165) is 26.9 Å².